The molecule has 0 aliphatic carbocycles. The summed E-state index contributed by atoms with van der Waals surface area (Å²) in [6.07, 6.45) is 4.75. The molecule has 0 unspecified atom stereocenters. The molecule has 108 valence electrons. The number of carbonyl (C=O) groups excluding carboxylic acids is 1. The highest BCUT2D eigenvalue weighted by Gasteiger charge is 2.06. The Hall–Kier alpha value is -3.15. The van der Waals surface area contributed by atoms with Gasteiger partial charge < -0.3 is 0 Å². The SMILES string of the molecule is C/C(=N/NC(=O)c1ccncc1)c1cnc2ccccc2n1. The number of amides is 1. The Bertz CT molecular complexity index is 845. The molecule has 3 rings (SSSR count). The Morgan fingerprint density at radius 1 is 1.09 bits per heavy atom. The number of carbonyl (C=O) groups is 1. The molecule has 0 bridgehead atoms. The minimum atomic E-state index is -0.296. The van der Waals surface area contributed by atoms with Gasteiger partial charge in [-0.1, -0.05) is 12.1 Å². The second kappa shape index (κ2) is 6.09. The highest BCUT2D eigenvalue weighted by atomic mass is 16.2. The Balaban J connectivity index is 1.80. The van der Waals surface area contributed by atoms with Gasteiger partial charge in [0, 0.05) is 18.0 Å². The number of benzene rings is 1. The van der Waals surface area contributed by atoms with E-state index in [1.54, 1.807) is 37.6 Å². The second-order valence-corrected chi connectivity index (χ2v) is 4.62. The first-order valence-electron chi connectivity index (χ1n) is 6.71. The number of fused-ring (bicyclic) bond motifs is 1. The van der Waals surface area contributed by atoms with Gasteiger partial charge in [-0.05, 0) is 31.2 Å². The zero-order chi connectivity index (χ0) is 15.4. The van der Waals surface area contributed by atoms with Crippen LogP contribution in [0.1, 0.15) is 23.0 Å². The highest BCUT2D eigenvalue weighted by molar-refractivity contribution is 6.00. The third-order valence-electron chi connectivity index (χ3n) is 3.09. The lowest BCUT2D eigenvalue weighted by Crippen LogP contribution is -2.19. The molecule has 0 aliphatic heterocycles. The van der Waals surface area contributed by atoms with Crippen molar-refractivity contribution >= 4 is 22.7 Å². The second-order valence-electron chi connectivity index (χ2n) is 4.62. The van der Waals surface area contributed by atoms with Crippen molar-refractivity contribution in [1.82, 2.24) is 20.4 Å². The quantitative estimate of drug-likeness (QED) is 0.592. The molecule has 6 heteroatoms. The lowest BCUT2D eigenvalue weighted by Gasteiger charge is -2.03. The first kappa shape index (κ1) is 13.8. The van der Waals surface area contributed by atoms with Gasteiger partial charge in [0.05, 0.1) is 22.9 Å². The van der Waals surface area contributed by atoms with Gasteiger partial charge in [0.25, 0.3) is 5.91 Å². The van der Waals surface area contributed by atoms with Crippen molar-refractivity contribution in [2.24, 2.45) is 5.10 Å². The smallest absolute Gasteiger partial charge is 0.267 e. The molecule has 2 aromatic heterocycles. The lowest BCUT2D eigenvalue weighted by molar-refractivity contribution is 0.0954. The molecule has 22 heavy (non-hydrogen) atoms. The highest BCUT2D eigenvalue weighted by Crippen LogP contribution is 2.09. The van der Waals surface area contributed by atoms with Gasteiger partial charge in [-0.3, -0.25) is 14.8 Å². The average molecular weight is 291 g/mol. The van der Waals surface area contributed by atoms with Crippen molar-refractivity contribution < 1.29 is 4.79 Å². The maximum atomic E-state index is 11.9. The van der Waals surface area contributed by atoms with Crippen LogP contribution < -0.4 is 5.43 Å². The summed E-state index contributed by atoms with van der Waals surface area (Å²) in [5.41, 5.74) is 5.80. The summed E-state index contributed by atoms with van der Waals surface area (Å²) in [4.78, 5) is 24.6. The molecule has 6 nitrogen and oxygen atoms in total. The lowest BCUT2D eigenvalue weighted by atomic mass is 10.2. The molecule has 1 amide bonds. The van der Waals surface area contributed by atoms with Crippen molar-refractivity contribution in [3.05, 3.63) is 66.2 Å². The van der Waals surface area contributed by atoms with Crippen molar-refractivity contribution in [1.29, 1.82) is 0 Å². The van der Waals surface area contributed by atoms with Crippen LogP contribution in [0.2, 0.25) is 0 Å². The first-order chi connectivity index (χ1) is 10.7. The number of hydrogen-bond donors (Lipinski definition) is 1. The predicted molar refractivity (Wildman–Crippen MR) is 83.5 cm³/mol. The van der Waals surface area contributed by atoms with Gasteiger partial charge >= 0.3 is 0 Å². The summed E-state index contributed by atoms with van der Waals surface area (Å²) >= 11 is 0. The van der Waals surface area contributed by atoms with Crippen LogP contribution in [0.3, 0.4) is 0 Å². The predicted octanol–water partition coefficient (Wildman–Crippen LogP) is 2.18. The number of pyridine rings is 1. The van der Waals surface area contributed by atoms with Crippen LogP contribution in [0.15, 0.2) is 60.1 Å². The molecule has 0 saturated carbocycles. The van der Waals surface area contributed by atoms with E-state index in [4.69, 9.17) is 0 Å². The molecule has 0 spiro atoms. The van der Waals surface area contributed by atoms with Crippen molar-refractivity contribution in [2.75, 3.05) is 0 Å². The normalized spacial score (nSPS) is 11.4. The van der Waals surface area contributed by atoms with Crippen LogP contribution in [-0.4, -0.2) is 26.6 Å². The minimum absolute atomic E-state index is 0.296. The summed E-state index contributed by atoms with van der Waals surface area (Å²) in [7, 11) is 0. The first-order valence-corrected chi connectivity index (χ1v) is 6.71. The molecule has 0 radical (unpaired) electrons. The Morgan fingerprint density at radius 2 is 1.82 bits per heavy atom. The standard InChI is InChI=1S/C16H13N5O/c1-11(20-21-16(22)12-6-8-17-9-7-12)15-10-18-13-4-2-3-5-14(13)19-15/h2-10H,1H3,(H,21,22)/b20-11-. The zero-order valence-corrected chi connectivity index (χ0v) is 11.9. The fourth-order valence-corrected chi connectivity index (χ4v) is 1.89. The summed E-state index contributed by atoms with van der Waals surface area (Å²) in [5.74, 6) is -0.296. The summed E-state index contributed by atoms with van der Waals surface area (Å²) < 4.78 is 0. The minimum Gasteiger partial charge on any atom is -0.267 e. The van der Waals surface area contributed by atoms with Crippen LogP contribution in [0, 0.1) is 0 Å². The van der Waals surface area contributed by atoms with Gasteiger partial charge in [0.15, 0.2) is 0 Å². The maximum Gasteiger partial charge on any atom is 0.271 e. The molecule has 3 aromatic rings. The number of hydrazone groups is 1. The van der Waals surface area contributed by atoms with Crippen LogP contribution in [0.4, 0.5) is 0 Å². The monoisotopic (exact) mass is 291 g/mol. The molecule has 1 N–H and O–H groups in total. The van der Waals surface area contributed by atoms with Crippen LogP contribution in [0.25, 0.3) is 11.0 Å². The molecule has 0 fully saturated rings. The molecule has 1 aromatic carbocycles. The molecule has 0 atom stereocenters. The van der Waals surface area contributed by atoms with E-state index in [0.29, 0.717) is 17.0 Å². The van der Waals surface area contributed by atoms with Crippen LogP contribution >= 0.6 is 0 Å². The largest absolute Gasteiger partial charge is 0.271 e. The van der Waals surface area contributed by atoms with Gasteiger partial charge in [0.1, 0.15) is 5.69 Å². The van der Waals surface area contributed by atoms with E-state index in [9.17, 15) is 4.79 Å². The van der Waals surface area contributed by atoms with Gasteiger partial charge in [-0.2, -0.15) is 5.10 Å². The van der Waals surface area contributed by atoms with E-state index in [0.717, 1.165) is 11.0 Å². The molecular formula is C16H13N5O. The number of nitrogens with one attached hydrogen (secondary N) is 1. The van der Waals surface area contributed by atoms with Gasteiger partial charge in [-0.25, -0.2) is 10.4 Å². The number of aromatic nitrogens is 3. The Labute approximate surface area is 127 Å². The fraction of sp³-hybridized carbons (Fsp3) is 0.0625. The zero-order valence-electron chi connectivity index (χ0n) is 11.9. The number of para-hydroxylation sites is 2. The average Bonchev–Trinajstić information content (AvgIpc) is 2.59. The maximum absolute atomic E-state index is 11.9. The number of nitrogens with zero attached hydrogens (tertiary/aromatic N) is 4. The third kappa shape index (κ3) is 2.95. The molecule has 0 aliphatic rings. The van der Waals surface area contributed by atoms with E-state index in [2.05, 4.69) is 25.5 Å². The van der Waals surface area contributed by atoms with Crippen molar-refractivity contribution in [3.63, 3.8) is 0 Å². The van der Waals surface area contributed by atoms with E-state index in [1.165, 1.54) is 0 Å². The summed E-state index contributed by atoms with van der Waals surface area (Å²) in [6.45, 7) is 1.77. The van der Waals surface area contributed by atoms with Crippen molar-refractivity contribution in [3.8, 4) is 0 Å². The van der Waals surface area contributed by atoms with E-state index in [-0.39, 0.29) is 5.91 Å². The van der Waals surface area contributed by atoms with Crippen LogP contribution in [-0.2, 0) is 0 Å². The topological polar surface area (TPSA) is 80.1 Å². The molecular weight excluding hydrogens is 278 g/mol. The third-order valence-corrected chi connectivity index (χ3v) is 3.09. The number of hydrogen-bond acceptors (Lipinski definition) is 5. The molecule has 2 heterocycles. The summed E-state index contributed by atoms with van der Waals surface area (Å²) in [6, 6.07) is 10.8. The molecule has 0 saturated heterocycles. The Kier molecular flexibility index (Phi) is 3.82. The van der Waals surface area contributed by atoms with Crippen LogP contribution in [0.5, 0.6) is 0 Å². The van der Waals surface area contributed by atoms with E-state index in [1.807, 2.05) is 24.3 Å². The van der Waals surface area contributed by atoms with E-state index >= 15 is 0 Å². The summed E-state index contributed by atoms with van der Waals surface area (Å²) in [5, 5.41) is 4.07. The van der Waals surface area contributed by atoms with Gasteiger partial charge in [0.2, 0.25) is 0 Å². The van der Waals surface area contributed by atoms with E-state index < -0.39 is 0 Å². The van der Waals surface area contributed by atoms with Crippen molar-refractivity contribution in [2.45, 2.75) is 6.92 Å². The fourth-order valence-electron chi connectivity index (χ4n) is 1.89. The number of rotatable bonds is 3. The van der Waals surface area contributed by atoms with Gasteiger partial charge in [-0.15, -0.1) is 0 Å². The Morgan fingerprint density at radius 3 is 2.59 bits per heavy atom.